The maximum atomic E-state index is 12.0. The summed E-state index contributed by atoms with van der Waals surface area (Å²) in [7, 11) is 0. The van der Waals surface area contributed by atoms with E-state index in [1.54, 1.807) is 0 Å². The number of pyridine rings is 1. The highest BCUT2D eigenvalue weighted by Crippen LogP contribution is 2.35. The summed E-state index contributed by atoms with van der Waals surface area (Å²) in [4.78, 5) is 23.4. The van der Waals surface area contributed by atoms with Gasteiger partial charge in [-0.2, -0.15) is 0 Å². The summed E-state index contributed by atoms with van der Waals surface area (Å²) in [6, 6.07) is 0. The van der Waals surface area contributed by atoms with Gasteiger partial charge < -0.3 is 4.74 Å². The lowest BCUT2D eigenvalue weighted by atomic mass is 10.2. The molecule has 1 aromatic heterocycles. The van der Waals surface area contributed by atoms with E-state index in [4.69, 9.17) is 0 Å². The molecule has 0 aliphatic heterocycles. The Labute approximate surface area is 105 Å². The van der Waals surface area contributed by atoms with Crippen molar-refractivity contribution in [1.82, 2.24) is 4.98 Å². The normalized spacial score (nSPS) is 11.1. The molecule has 0 aliphatic rings. The summed E-state index contributed by atoms with van der Waals surface area (Å²) in [5, 5.41) is 10.5. The van der Waals surface area contributed by atoms with E-state index in [0.29, 0.717) is 6.20 Å². The maximum Gasteiger partial charge on any atom is 0.573 e. The summed E-state index contributed by atoms with van der Waals surface area (Å²) in [6.07, 6.45) is -4.52. The van der Waals surface area contributed by atoms with Crippen LogP contribution >= 0.6 is 22.6 Å². The van der Waals surface area contributed by atoms with Crippen molar-refractivity contribution in [3.05, 3.63) is 25.6 Å². The molecule has 17 heavy (non-hydrogen) atoms. The largest absolute Gasteiger partial charge is 0.573 e. The van der Waals surface area contributed by atoms with Crippen molar-refractivity contribution in [2.75, 3.05) is 0 Å². The molecule has 0 N–H and O–H groups in total. The first-order chi connectivity index (χ1) is 7.76. The van der Waals surface area contributed by atoms with Gasteiger partial charge >= 0.3 is 12.0 Å². The van der Waals surface area contributed by atoms with Crippen LogP contribution in [0.5, 0.6) is 5.75 Å². The molecular formula is C7H2F3IN2O4. The molecule has 0 spiro atoms. The van der Waals surface area contributed by atoms with Crippen LogP contribution in [0.4, 0.5) is 18.9 Å². The smallest absolute Gasteiger partial charge is 0.397 e. The number of hydrogen-bond donors (Lipinski definition) is 0. The molecule has 0 amide bonds. The molecule has 0 aliphatic carbocycles. The molecule has 1 aromatic rings. The quantitative estimate of drug-likeness (QED) is 0.271. The Balaban J connectivity index is 3.44. The zero-order valence-electron chi connectivity index (χ0n) is 7.69. The fraction of sp³-hybridized carbons (Fsp3) is 0.143. The average Bonchev–Trinajstić information content (AvgIpc) is 2.15. The number of nitrogens with zero attached hydrogens (tertiary/aromatic N) is 2. The predicted molar refractivity (Wildman–Crippen MR) is 55.7 cm³/mol. The first-order valence-corrected chi connectivity index (χ1v) is 4.88. The number of rotatable bonds is 3. The monoisotopic (exact) mass is 362 g/mol. The highest BCUT2D eigenvalue weighted by Gasteiger charge is 2.36. The minimum Gasteiger partial charge on any atom is -0.397 e. The third-order valence-electron chi connectivity index (χ3n) is 1.53. The summed E-state index contributed by atoms with van der Waals surface area (Å²) in [5.74, 6) is -1.16. The number of carbonyl (C=O) groups is 1. The van der Waals surface area contributed by atoms with Gasteiger partial charge in [0.1, 0.15) is 9.90 Å². The second-order valence-electron chi connectivity index (χ2n) is 2.60. The van der Waals surface area contributed by atoms with E-state index in [0.717, 1.165) is 0 Å². The van der Waals surface area contributed by atoms with Gasteiger partial charge in [-0.05, 0) is 22.6 Å². The van der Waals surface area contributed by atoms with Crippen molar-refractivity contribution in [2.45, 2.75) is 6.36 Å². The number of nitro groups is 1. The Bertz CT molecular complexity index is 477. The summed E-state index contributed by atoms with van der Waals surface area (Å²) < 4.78 is 39.5. The first-order valence-electron chi connectivity index (χ1n) is 3.80. The Morgan fingerprint density at radius 1 is 1.53 bits per heavy atom. The zero-order valence-corrected chi connectivity index (χ0v) is 9.85. The highest BCUT2D eigenvalue weighted by atomic mass is 127. The van der Waals surface area contributed by atoms with Gasteiger partial charge in [0.15, 0.2) is 6.29 Å². The van der Waals surface area contributed by atoms with Crippen molar-refractivity contribution < 1.29 is 27.6 Å². The fourth-order valence-electron chi connectivity index (χ4n) is 0.933. The minimum absolute atomic E-state index is 0.0167. The molecule has 0 saturated heterocycles. The van der Waals surface area contributed by atoms with Crippen LogP contribution in [0.1, 0.15) is 10.4 Å². The van der Waals surface area contributed by atoms with Gasteiger partial charge in [-0.3, -0.25) is 14.9 Å². The first kappa shape index (κ1) is 13.6. The fourth-order valence-corrected chi connectivity index (χ4v) is 1.44. The Hall–Kier alpha value is -1.46. The molecule has 0 aromatic carbocycles. The Morgan fingerprint density at radius 3 is 2.53 bits per heavy atom. The minimum atomic E-state index is -5.13. The number of halogens is 4. The molecule has 0 radical (unpaired) electrons. The van der Waals surface area contributed by atoms with Gasteiger partial charge in [-0.1, -0.05) is 0 Å². The zero-order chi connectivity index (χ0) is 13.2. The van der Waals surface area contributed by atoms with Gasteiger partial charge in [0.05, 0.1) is 10.5 Å². The third-order valence-corrected chi connectivity index (χ3v) is 2.39. The molecule has 0 bridgehead atoms. The van der Waals surface area contributed by atoms with Crippen LogP contribution in [0.2, 0.25) is 0 Å². The molecule has 0 fully saturated rings. The van der Waals surface area contributed by atoms with E-state index in [9.17, 15) is 28.1 Å². The number of aromatic nitrogens is 1. The van der Waals surface area contributed by atoms with E-state index in [1.807, 2.05) is 0 Å². The van der Waals surface area contributed by atoms with Crippen LogP contribution < -0.4 is 4.74 Å². The lowest BCUT2D eigenvalue weighted by Gasteiger charge is -2.11. The topological polar surface area (TPSA) is 82.3 Å². The molecule has 1 rings (SSSR count). The van der Waals surface area contributed by atoms with Crippen molar-refractivity contribution in [3.8, 4) is 5.75 Å². The maximum absolute atomic E-state index is 12.0. The van der Waals surface area contributed by atoms with Crippen molar-refractivity contribution >= 4 is 34.6 Å². The molecule has 6 nitrogen and oxygen atoms in total. The number of aldehydes is 1. The number of alkyl halides is 3. The van der Waals surface area contributed by atoms with Crippen molar-refractivity contribution in [1.29, 1.82) is 0 Å². The van der Waals surface area contributed by atoms with E-state index in [2.05, 4.69) is 9.72 Å². The van der Waals surface area contributed by atoms with E-state index >= 15 is 0 Å². The molecule has 0 saturated carbocycles. The second kappa shape index (κ2) is 4.81. The van der Waals surface area contributed by atoms with E-state index in [-0.39, 0.29) is 9.99 Å². The summed E-state index contributed by atoms with van der Waals surface area (Å²) in [6.45, 7) is 0. The van der Waals surface area contributed by atoms with Crippen LogP contribution in [-0.2, 0) is 0 Å². The van der Waals surface area contributed by atoms with Gasteiger partial charge in [-0.15, -0.1) is 13.2 Å². The number of ether oxygens (including phenoxy) is 1. The number of hydrogen-bond acceptors (Lipinski definition) is 5. The van der Waals surface area contributed by atoms with E-state index < -0.39 is 28.3 Å². The van der Waals surface area contributed by atoms with Gasteiger partial charge in [-0.25, -0.2) is 4.98 Å². The van der Waals surface area contributed by atoms with Gasteiger partial charge in [0.25, 0.3) is 0 Å². The Morgan fingerprint density at radius 2 is 2.12 bits per heavy atom. The van der Waals surface area contributed by atoms with E-state index in [1.165, 1.54) is 22.6 Å². The lowest BCUT2D eigenvalue weighted by molar-refractivity contribution is -0.389. The summed E-state index contributed by atoms with van der Waals surface area (Å²) in [5.41, 5.74) is -1.64. The number of carbonyl (C=O) groups excluding carboxylic acids is 1. The summed E-state index contributed by atoms with van der Waals surface area (Å²) >= 11 is 1.47. The Kier molecular flexibility index (Phi) is 3.85. The predicted octanol–water partition coefficient (Wildman–Crippen LogP) is 2.31. The van der Waals surface area contributed by atoms with Crippen LogP contribution in [0.3, 0.4) is 0 Å². The average molecular weight is 362 g/mol. The lowest BCUT2D eigenvalue weighted by Crippen LogP contribution is -2.19. The second-order valence-corrected chi connectivity index (χ2v) is 3.62. The molecule has 92 valence electrons. The molecule has 1 heterocycles. The highest BCUT2D eigenvalue weighted by molar-refractivity contribution is 14.1. The molecule has 0 unspecified atom stereocenters. The third kappa shape index (κ3) is 3.25. The van der Waals surface area contributed by atoms with Crippen LogP contribution in [-0.4, -0.2) is 22.6 Å². The van der Waals surface area contributed by atoms with Crippen molar-refractivity contribution in [2.24, 2.45) is 0 Å². The van der Waals surface area contributed by atoms with Crippen LogP contribution in [0.15, 0.2) is 6.20 Å². The van der Waals surface area contributed by atoms with Crippen molar-refractivity contribution in [3.63, 3.8) is 0 Å². The molecular weight excluding hydrogens is 360 g/mol. The SMILES string of the molecule is O=Cc1c(I)ncc([N+](=O)[O-])c1OC(F)(F)F. The van der Waals surface area contributed by atoms with Crippen LogP contribution in [0, 0.1) is 13.8 Å². The molecule has 0 atom stereocenters. The standard InChI is InChI=1S/C7H2F3IN2O4/c8-7(9,10)17-5-3(2-14)6(11)12-1-4(5)13(15)16/h1-2H. The van der Waals surface area contributed by atoms with Gasteiger partial charge in [0, 0.05) is 0 Å². The van der Waals surface area contributed by atoms with Crippen LogP contribution in [0.25, 0.3) is 0 Å². The van der Waals surface area contributed by atoms with Gasteiger partial charge in [0.2, 0.25) is 5.75 Å². The molecule has 10 heteroatoms.